The molecule has 3 atom stereocenters. The number of nitro benzene ring substituents is 1. The van der Waals surface area contributed by atoms with Crippen molar-refractivity contribution in [3.63, 3.8) is 0 Å². The van der Waals surface area contributed by atoms with Crippen LogP contribution in [-0.4, -0.2) is 22.6 Å². The van der Waals surface area contributed by atoms with Crippen molar-refractivity contribution in [3.8, 4) is 0 Å². The number of carbonyl (C=O) groups is 1. The third-order valence-electron chi connectivity index (χ3n) is 4.73. The Labute approximate surface area is 134 Å². The smallest absolute Gasteiger partial charge is 0.269 e. The van der Waals surface area contributed by atoms with Gasteiger partial charge < -0.3 is 5.32 Å². The predicted octanol–water partition coefficient (Wildman–Crippen LogP) is 3.13. The normalized spacial score (nSPS) is 26.1. The van der Waals surface area contributed by atoms with E-state index in [0.29, 0.717) is 23.5 Å². The third-order valence-corrected chi connectivity index (χ3v) is 5.74. The molecule has 1 aromatic carbocycles. The van der Waals surface area contributed by atoms with Gasteiger partial charge >= 0.3 is 0 Å². The first-order valence-electron chi connectivity index (χ1n) is 7.72. The molecule has 3 rings (SSSR count). The Balaban J connectivity index is 1.39. The fourth-order valence-electron chi connectivity index (χ4n) is 3.65. The van der Waals surface area contributed by atoms with Gasteiger partial charge in [0, 0.05) is 23.9 Å². The number of rotatable bonds is 6. The van der Waals surface area contributed by atoms with Crippen molar-refractivity contribution in [3.05, 3.63) is 39.9 Å². The molecule has 6 heteroatoms. The zero-order chi connectivity index (χ0) is 15.5. The van der Waals surface area contributed by atoms with Crippen molar-refractivity contribution < 1.29 is 9.72 Å². The summed E-state index contributed by atoms with van der Waals surface area (Å²) >= 11 is 1.55. The summed E-state index contributed by atoms with van der Waals surface area (Å²) in [5.74, 6) is 2.80. The first-order chi connectivity index (χ1) is 10.6. The van der Waals surface area contributed by atoms with Crippen LogP contribution in [0.2, 0.25) is 0 Å². The summed E-state index contributed by atoms with van der Waals surface area (Å²) < 4.78 is 0. The SMILES string of the molecule is O=C(CSCc1ccc([N+](=O)[O-])cc1)N[C@H]1C[C@H]2CC[C@H]1C2. The molecule has 1 aromatic rings. The Morgan fingerprint density at radius 1 is 1.27 bits per heavy atom. The summed E-state index contributed by atoms with van der Waals surface area (Å²) in [4.78, 5) is 22.2. The number of thioether (sulfide) groups is 1. The molecule has 0 aliphatic heterocycles. The summed E-state index contributed by atoms with van der Waals surface area (Å²) in [6.45, 7) is 0. The van der Waals surface area contributed by atoms with Crippen LogP contribution in [0.5, 0.6) is 0 Å². The molecule has 0 saturated heterocycles. The van der Waals surface area contributed by atoms with Crippen LogP contribution in [0.15, 0.2) is 24.3 Å². The Morgan fingerprint density at radius 2 is 2.05 bits per heavy atom. The third kappa shape index (κ3) is 3.61. The van der Waals surface area contributed by atoms with Gasteiger partial charge in [-0.25, -0.2) is 0 Å². The topological polar surface area (TPSA) is 72.2 Å². The van der Waals surface area contributed by atoms with Crippen LogP contribution in [-0.2, 0) is 10.5 Å². The highest BCUT2D eigenvalue weighted by molar-refractivity contribution is 7.99. The fourth-order valence-corrected chi connectivity index (χ4v) is 4.44. The zero-order valence-electron chi connectivity index (χ0n) is 12.4. The standard InChI is InChI=1S/C16H20N2O3S/c19-16(17-15-8-12-1-4-13(15)7-12)10-22-9-11-2-5-14(6-3-11)18(20)21/h2-3,5-6,12-13,15H,1,4,7-10H2,(H,17,19)/t12-,13-,15-/m0/s1. The molecule has 2 aliphatic carbocycles. The van der Waals surface area contributed by atoms with E-state index >= 15 is 0 Å². The van der Waals surface area contributed by atoms with Gasteiger partial charge in [-0.2, -0.15) is 0 Å². The van der Waals surface area contributed by atoms with Gasteiger partial charge in [-0.3, -0.25) is 14.9 Å². The van der Waals surface area contributed by atoms with Crippen molar-refractivity contribution in [2.24, 2.45) is 11.8 Å². The van der Waals surface area contributed by atoms with Crippen molar-refractivity contribution >= 4 is 23.4 Å². The number of fused-ring (bicyclic) bond motifs is 2. The molecule has 0 spiro atoms. The van der Waals surface area contributed by atoms with Crippen LogP contribution in [0.3, 0.4) is 0 Å². The van der Waals surface area contributed by atoms with E-state index in [-0.39, 0.29) is 11.6 Å². The van der Waals surface area contributed by atoms with Crippen molar-refractivity contribution in [2.75, 3.05) is 5.75 Å². The van der Waals surface area contributed by atoms with E-state index in [4.69, 9.17) is 0 Å². The zero-order valence-corrected chi connectivity index (χ0v) is 13.2. The maximum absolute atomic E-state index is 12.0. The van der Waals surface area contributed by atoms with Gasteiger partial charge in [0.15, 0.2) is 0 Å². The summed E-state index contributed by atoms with van der Waals surface area (Å²) in [6.07, 6.45) is 5.06. The van der Waals surface area contributed by atoms with Crippen molar-refractivity contribution in [2.45, 2.75) is 37.5 Å². The van der Waals surface area contributed by atoms with Crippen LogP contribution >= 0.6 is 11.8 Å². The van der Waals surface area contributed by atoms with E-state index in [9.17, 15) is 14.9 Å². The number of hydrogen-bond acceptors (Lipinski definition) is 4. The lowest BCUT2D eigenvalue weighted by molar-refractivity contribution is -0.384. The average Bonchev–Trinajstić information content (AvgIpc) is 3.10. The number of nitro groups is 1. The first-order valence-corrected chi connectivity index (χ1v) is 8.87. The van der Waals surface area contributed by atoms with Crippen LogP contribution in [0.1, 0.15) is 31.2 Å². The lowest BCUT2D eigenvalue weighted by atomic mass is 9.95. The minimum absolute atomic E-state index is 0.0998. The van der Waals surface area contributed by atoms with E-state index in [0.717, 1.165) is 17.9 Å². The van der Waals surface area contributed by atoms with E-state index in [1.165, 1.54) is 31.4 Å². The van der Waals surface area contributed by atoms with Gasteiger partial charge in [0.05, 0.1) is 10.7 Å². The number of nitrogens with zero attached hydrogens (tertiary/aromatic N) is 1. The second-order valence-electron chi connectivity index (χ2n) is 6.27. The number of nitrogens with one attached hydrogen (secondary N) is 1. The lowest BCUT2D eigenvalue weighted by Crippen LogP contribution is -2.39. The van der Waals surface area contributed by atoms with E-state index in [1.807, 2.05) is 0 Å². The molecule has 0 heterocycles. The molecule has 2 saturated carbocycles. The molecule has 22 heavy (non-hydrogen) atoms. The van der Waals surface area contributed by atoms with Gasteiger partial charge in [-0.05, 0) is 36.7 Å². The largest absolute Gasteiger partial charge is 0.352 e. The van der Waals surface area contributed by atoms with Gasteiger partial charge in [0.2, 0.25) is 5.91 Å². The summed E-state index contributed by atoms with van der Waals surface area (Å²) in [7, 11) is 0. The molecule has 1 N–H and O–H groups in total. The molecular weight excluding hydrogens is 300 g/mol. The molecule has 118 valence electrons. The van der Waals surface area contributed by atoms with Crippen molar-refractivity contribution in [1.82, 2.24) is 5.32 Å². The minimum atomic E-state index is -0.403. The number of non-ortho nitro benzene ring substituents is 1. The highest BCUT2D eigenvalue weighted by Crippen LogP contribution is 2.44. The number of benzene rings is 1. The number of carbonyl (C=O) groups excluding carboxylic acids is 1. The quantitative estimate of drug-likeness (QED) is 0.645. The fraction of sp³-hybridized carbons (Fsp3) is 0.562. The Morgan fingerprint density at radius 3 is 2.64 bits per heavy atom. The highest BCUT2D eigenvalue weighted by Gasteiger charge is 2.39. The molecule has 2 bridgehead atoms. The monoisotopic (exact) mass is 320 g/mol. The van der Waals surface area contributed by atoms with Crippen molar-refractivity contribution in [1.29, 1.82) is 0 Å². The summed E-state index contributed by atoms with van der Waals surface area (Å²) in [5.41, 5.74) is 1.10. The summed E-state index contributed by atoms with van der Waals surface area (Å²) in [5, 5.41) is 13.8. The molecule has 1 amide bonds. The van der Waals surface area contributed by atoms with Crippen LogP contribution in [0, 0.1) is 22.0 Å². The Bertz CT molecular complexity index is 561. The van der Waals surface area contributed by atoms with Gasteiger partial charge in [-0.15, -0.1) is 11.8 Å². The van der Waals surface area contributed by atoms with E-state index < -0.39 is 4.92 Å². The highest BCUT2D eigenvalue weighted by atomic mass is 32.2. The maximum atomic E-state index is 12.0. The van der Waals surface area contributed by atoms with E-state index in [2.05, 4.69) is 5.32 Å². The lowest BCUT2D eigenvalue weighted by Gasteiger charge is -2.22. The van der Waals surface area contributed by atoms with E-state index in [1.54, 1.807) is 23.9 Å². The molecule has 2 fully saturated rings. The van der Waals surface area contributed by atoms with Crippen LogP contribution in [0.4, 0.5) is 5.69 Å². The van der Waals surface area contributed by atoms with Gasteiger partial charge in [0.1, 0.15) is 0 Å². The molecule has 2 aliphatic rings. The molecule has 0 radical (unpaired) electrons. The van der Waals surface area contributed by atoms with Crippen LogP contribution in [0.25, 0.3) is 0 Å². The summed E-state index contributed by atoms with van der Waals surface area (Å²) in [6, 6.07) is 6.90. The molecule has 0 aromatic heterocycles. The Kier molecular flexibility index (Phi) is 4.66. The number of amides is 1. The average molecular weight is 320 g/mol. The predicted molar refractivity (Wildman–Crippen MR) is 86.6 cm³/mol. The molecule has 0 unspecified atom stereocenters. The molecule has 5 nitrogen and oxygen atoms in total. The Hall–Kier alpha value is -1.56. The second kappa shape index (κ2) is 6.69. The first kappa shape index (κ1) is 15.3. The van der Waals surface area contributed by atoms with Gasteiger partial charge in [0.25, 0.3) is 5.69 Å². The number of hydrogen-bond donors (Lipinski definition) is 1. The maximum Gasteiger partial charge on any atom is 0.269 e. The molecular formula is C16H20N2O3S. The minimum Gasteiger partial charge on any atom is -0.352 e. The second-order valence-corrected chi connectivity index (χ2v) is 7.25. The van der Waals surface area contributed by atoms with Gasteiger partial charge in [-0.1, -0.05) is 18.6 Å². The van der Waals surface area contributed by atoms with Crippen LogP contribution < -0.4 is 5.32 Å².